The average molecular weight is 554 g/mol. The number of nitrogens with one attached hydrogen (secondary N) is 1. The molecule has 0 spiro atoms. The van der Waals surface area contributed by atoms with Crippen molar-refractivity contribution in [3.8, 4) is 6.07 Å². The summed E-state index contributed by atoms with van der Waals surface area (Å²) in [6.07, 6.45) is 5.48. The Labute approximate surface area is 235 Å². The molecule has 2 aromatic rings. The van der Waals surface area contributed by atoms with Gasteiger partial charge in [0.25, 0.3) is 0 Å². The van der Waals surface area contributed by atoms with Crippen LogP contribution in [0.2, 0.25) is 0 Å². The number of carbonyl (C=O) groups is 3. The molecule has 9 nitrogen and oxygen atoms in total. The number of hydrogen-bond acceptors (Lipinski definition) is 6. The Morgan fingerprint density at radius 1 is 1.18 bits per heavy atom. The molecule has 3 atom stereocenters. The third kappa shape index (κ3) is 6.81. The van der Waals surface area contributed by atoms with Crippen LogP contribution in [-0.2, 0) is 32.1 Å². The molecule has 0 radical (unpaired) electrons. The number of likely N-dealkylation sites (tertiary alicyclic amines) is 2. The van der Waals surface area contributed by atoms with Crippen molar-refractivity contribution in [1.29, 1.82) is 5.26 Å². The summed E-state index contributed by atoms with van der Waals surface area (Å²) in [5, 5.41) is 13.0. The molecule has 1 aromatic carbocycles. The highest BCUT2D eigenvalue weighted by atomic mass is 19.1. The summed E-state index contributed by atoms with van der Waals surface area (Å²) in [6.45, 7) is 5.13. The Bertz CT molecular complexity index is 1250. The molecule has 2 amide bonds. The molecule has 2 fully saturated rings. The Hall–Kier alpha value is -3.45. The lowest BCUT2D eigenvalue weighted by Gasteiger charge is -2.32. The number of carbonyl (C=O) groups excluding carboxylic acids is 3. The third-order valence-corrected chi connectivity index (χ3v) is 8.12. The van der Waals surface area contributed by atoms with Gasteiger partial charge in [0.05, 0.1) is 30.8 Å². The van der Waals surface area contributed by atoms with E-state index in [9.17, 15) is 24.0 Å². The number of esters is 1. The van der Waals surface area contributed by atoms with Crippen molar-refractivity contribution in [3.63, 3.8) is 0 Å². The predicted octanol–water partition coefficient (Wildman–Crippen LogP) is 3.33. The first-order valence-corrected chi connectivity index (χ1v) is 14.4. The van der Waals surface area contributed by atoms with Gasteiger partial charge >= 0.3 is 5.97 Å². The third-order valence-electron chi connectivity index (χ3n) is 8.12. The van der Waals surface area contributed by atoms with E-state index in [0.29, 0.717) is 18.5 Å². The van der Waals surface area contributed by atoms with Crippen LogP contribution in [0.1, 0.15) is 63.6 Å². The van der Waals surface area contributed by atoms with Crippen molar-refractivity contribution >= 4 is 28.7 Å². The number of aromatic nitrogens is 1. The summed E-state index contributed by atoms with van der Waals surface area (Å²) in [7, 11) is 0. The zero-order valence-electron chi connectivity index (χ0n) is 23.5. The fourth-order valence-corrected chi connectivity index (χ4v) is 6.27. The largest absolute Gasteiger partial charge is 0.464 e. The van der Waals surface area contributed by atoms with Crippen molar-refractivity contribution in [2.75, 3.05) is 32.9 Å². The van der Waals surface area contributed by atoms with Crippen molar-refractivity contribution in [2.45, 2.75) is 83.5 Å². The summed E-state index contributed by atoms with van der Waals surface area (Å²) >= 11 is 0. The highest BCUT2D eigenvalue weighted by Crippen LogP contribution is 2.29. The summed E-state index contributed by atoms with van der Waals surface area (Å²) in [6, 6.07) is 8.89. The maximum Gasteiger partial charge on any atom is 0.328 e. The topological polar surface area (TPSA) is 108 Å². The molecule has 1 aromatic heterocycles. The molecular formula is C30H40FN5O4. The molecule has 10 heteroatoms. The van der Waals surface area contributed by atoms with E-state index >= 15 is 0 Å². The van der Waals surface area contributed by atoms with Gasteiger partial charge in [0.2, 0.25) is 11.8 Å². The van der Waals surface area contributed by atoms with E-state index in [1.165, 1.54) is 6.92 Å². The van der Waals surface area contributed by atoms with Gasteiger partial charge in [-0.2, -0.15) is 5.26 Å². The minimum Gasteiger partial charge on any atom is -0.464 e. The second-order valence-electron chi connectivity index (χ2n) is 10.7. The molecule has 4 rings (SSSR count). The summed E-state index contributed by atoms with van der Waals surface area (Å²) < 4.78 is 20.5. The number of halogens is 1. The lowest BCUT2D eigenvalue weighted by molar-refractivity contribution is -0.147. The van der Waals surface area contributed by atoms with Gasteiger partial charge in [0.15, 0.2) is 0 Å². The second kappa shape index (κ2) is 13.8. The molecule has 2 saturated heterocycles. The van der Waals surface area contributed by atoms with Gasteiger partial charge in [-0.05, 0) is 82.0 Å². The van der Waals surface area contributed by atoms with E-state index in [2.05, 4.69) is 22.4 Å². The molecular weight excluding hydrogens is 513 g/mol. The molecule has 216 valence electrons. The van der Waals surface area contributed by atoms with Crippen molar-refractivity contribution in [1.82, 2.24) is 19.7 Å². The van der Waals surface area contributed by atoms with Gasteiger partial charge < -0.3 is 19.5 Å². The van der Waals surface area contributed by atoms with Crippen molar-refractivity contribution in [3.05, 3.63) is 35.5 Å². The van der Waals surface area contributed by atoms with Gasteiger partial charge in [-0.25, -0.2) is 9.18 Å². The van der Waals surface area contributed by atoms with Crippen LogP contribution < -0.4 is 5.32 Å². The molecule has 0 bridgehead atoms. The standard InChI is InChI=1S/C30H40FN5O4/c1-3-40-30(39)26(33-21(2)37)12-16-34-14-5-7-27(34)29(38)36-15-4-6-24(36)10-11-25-19-23-9-8-22(20-32)18-28(23)35(25)17-13-31/h8-9,18-19,24,26-27H,3-7,10-17H2,1-2H3,(H,33,37)/t24-,26-,27+/m0/s1. The normalized spacial score (nSPS) is 20.0. The number of nitriles is 1. The Morgan fingerprint density at radius 3 is 2.70 bits per heavy atom. The van der Waals surface area contributed by atoms with Crippen LogP contribution >= 0.6 is 0 Å². The summed E-state index contributed by atoms with van der Waals surface area (Å²) in [4.78, 5) is 41.9. The zero-order valence-corrected chi connectivity index (χ0v) is 23.5. The number of alkyl halides is 1. The first-order valence-electron chi connectivity index (χ1n) is 14.4. The van der Waals surface area contributed by atoms with Gasteiger partial charge in [0, 0.05) is 37.3 Å². The molecule has 0 saturated carbocycles. The smallest absolute Gasteiger partial charge is 0.328 e. The maximum atomic E-state index is 13.8. The fourth-order valence-electron chi connectivity index (χ4n) is 6.27. The number of rotatable bonds is 12. The molecule has 2 aliphatic rings. The molecule has 1 N–H and O–H groups in total. The van der Waals surface area contributed by atoms with Crippen molar-refractivity contribution < 1.29 is 23.5 Å². The first-order chi connectivity index (χ1) is 19.4. The summed E-state index contributed by atoms with van der Waals surface area (Å²) in [5.41, 5.74) is 2.44. The maximum absolute atomic E-state index is 13.8. The van der Waals surface area contributed by atoms with Gasteiger partial charge in [0.1, 0.15) is 12.7 Å². The molecule has 0 unspecified atom stereocenters. The van der Waals surface area contributed by atoms with Crippen LogP contribution in [0, 0.1) is 11.3 Å². The Kier molecular flexibility index (Phi) is 10.2. The quantitative estimate of drug-likeness (QED) is 0.404. The Balaban J connectivity index is 1.40. The number of aryl methyl sites for hydroxylation is 2. The van der Waals surface area contributed by atoms with Crippen LogP contribution in [0.4, 0.5) is 4.39 Å². The average Bonchev–Trinajstić information content (AvgIpc) is 3.68. The number of nitrogens with zero attached hydrogens (tertiary/aromatic N) is 4. The van der Waals surface area contributed by atoms with E-state index in [1.807, 2.05) is 21.6 Å². The van der Waals surface area contributed by atoms with Crippen molar-refractivity contribution in [2.24, 2.45) is 0 Å². The highest BCUT2D eigenvalue weighted by molar-refractivity contribution is 5.84. The Morgan fingerprint density at radius 2 is 1.98 bits per heavy atom. The molecule has 40 heavy (non-hydrogen) atoms. The van der Waals surface area contributed by atoms with Gasteiger partial charge in [-0.1, -0.05) is 6.07 Å². The number of hydrogen-bond donors (Lipinski definition) is 1. The monoisotopic (exact) mass is 553 g/mol. The highest BCUT2D eigenvalue weighted by Gasteiger charge is 2.38. The van der Waals surface area contributed by atoms with E-state index in [4.69, 9.17) is 4.74 Å². The van der Waals surface area contributed by atoms with Crippen LogP contribution in [0.25, 0.3) is 10.9 Å². The minimum atomic E-state index is -0.728. The lowest BCUT2D eigenvalue weighted by Crippen LogP contribution is -2.49. The number of fused-ring (bicyclic) bond motifs is 1. The van der Waals surface area contributed by atoms with Gasteiger partial charge in [-0.3, -0.25) is 14.5 Å². The lowest BCUT2D eigenvalue weighted by atomic mass is 10.1. The number of amides is 2. The minimum absolute atomic E-state index is 0.119. The summed E-state index contributed by atoms with van der Waals surface area (Å²) in [5.74, 6) is -0.605. The van der Waals surface area contributed by atoms with Gasteiger partial charge in [-0.15, -0.1) is 0 Å². The number of benzene rings is 1. The van der Waals surface area contributed by atoms with Crippen LogP contribution in [-0.4, -0.2) is 83.2 Å². The van der Waals surface area contributed by atoms with Crippen LogP contribution in [0.5, 0.6) is 0 Å². The molecule has 2 aliphatic heterocycles. The SMILES string of the molecule is CCOC(=O)[C@H](CCN1CCC[C@@H]1C(=O)N1CCC[C@H]1CCc1cc2ccc(C#N)cc2n1CCF)NC(C)=O. The molecule has 3 heterocycles. The predicted molar refractivity (Wildman–Crippen MR) is 149 cm³/mol. The van der Waals surface area contributed by atoms with E-state index in [1.54, 1.807) is 13.0 Å². The number of ether oxygens (including phenoxy) is 1. The zero-order chi connectivity index (χ0) is 28.6. The van der Waals surface area contributed by atoms with E-state index < -0.39 is 18.7 Å². The van der Waals surface area contributed by atoms with Crippen LogP contribution in [0.15, 0.2) is 24.3 Å². The van der Waals surface area contributed by atoms with E-state index in [0.717, 1.165) is 68.2 Å². The second-order valence-corrected chi connectivity index (χ2v) is 10.7. The molecule has 0 aliphatic carbocycles. The fraction of sp³-hybridized carbons (Fsp3) is 0.600. The van der Waals surface area contributed by atoms with Crippen LogP contribution in [0.3, 0.4) is 0 Å². The first kappa shape index (κ1) is 29.5. The van der Waals surface area contributed by atoms with E-state index in [-0.39, 0.29) is 37.0 Å².